The van der Waals surface area contributed by atoms with Gasteiger partial charge in [0.05, 0.1) is 6.10 Å². The molecule has 0 unspecified atom stereocenters. The fourth-order valence-electron chi connectivity index (χ4n) is 6.73. The summed E-state index contributed by atoms with van der Waals surface area (Å²) in [6.07, 6.45) is 12.0. The van der Waals surface area contributed by atoms with Crippen LogP contribution in [0.1, 0.15) is 71.6 Å². The van der Waals surface area contributed by atoms with E-state index in [4.69, 9.17) is 0 Å². The van der Waals surface area contributed by atoms with E-state index < -0.39 is 0 Å². The Morgan fingerprint density at radius 2 is 1.86 bits per heavy atom. The second kappa shape index (κ2) is 4.93. The summed E-state index contributed by atoms with van der Waals surface area (Å²) in [5.41, 5.74) is 1.87. The van der Waals surface area contributed by atoms with Gasteiger partial charge < -0.3 is 5.11 Å². The lowest BCUT2D eigenvalue weighted by molar-refractivity contribution is -0.133. The van der Waals surface area contributed by atoms with E-state index in [1.54, 1.807) is 0 Å². The number of allylic oxidation sites excluding steroid dienone is 2. The average molecular weight is 302 g/mol. The Bertz CT molecular complexity index is 522. The quantitative estimate of drug-likeness (QED) is 0.725. The molecule has 1 N–H and O–H groups in total. The van der Waals surface area contributed by atoms with E-state index in [0.717, 1.165) is 37.5 Å². The third-order valence-corrected chi connectivity index (χ3v) is 8.15. The zero-order chi connectivity index (χ0) is 15.5. The van der Waals surface area contributed by atoms with Crippen molar-refractivity contribution in [1.29, 1.82) is 0 Å². The highest BCUT2D eigenvalue weighted by Crippen LogP contribution is 2.64. The van der Waals surface area contributed by atoms with Crippen molar-refractivity contribution in [1.82, 2.24) is 0 Å². The van der Waals surface area contributed by atoms with Crippen molar-refractivity contribution >= 4 is 5.78 Å². The second-order valence-electron chi connectivity index (χ2n) is 8.96. The first-order valence-electron chi connectivity index (χ1n) is 9.37. The van der Waals surface area contributed by atoms with Crippen LogP contribution in [0.4, 0.5) is 0 Å². The van der Waals surface area contributed by atoms with Gasteiger partial charge in [-0.25, -0.2) is 0 Å². The van der Waals surface area contributed by atoms with Crippen molar-refractivity contribution in [2.75, 3.05) is 0 Å². The topological polar surface area (TPSA) is 37.3 Å². The maximum Gasteiger partial charge on any atom is 0.155 e. The van der Waals surface area contributed by atoms with Crippen LogP contribution in [-0.4, -0.2) is 17.0 Å². The van der Waals surface area contributed by atoms with Crippen LogP contribution in [0, 0.1) is 28.6 Å². The lowest BCUT2D eigenvalue weighted by Gasteiger charge is -2.61. The molecule has 0 radical (unpaired) electrons. The molecule has 0 amide bonds. The summed E-state index contributed by atoms with van der Waals surface area (Å²) in [6, 6.07) is 0. The van der Waals surface area contributed by atoms with Crippen LogP contribution in [0.2, 0.25) is 0 Å². The summed E-state index contributed by atoms with van der Waals surface area (Å²) in [7, 11) is 0. The van der Waals surface area contributed by atoms with Gasteiger partial charge in [0.1, 0.15) is 0 Å². The Morgan fingerprint density at radius 1 is 1.05 bits per heavy atom. The van der Waals surface area contributed by atoms with Gasteiger partial charge >= 0.3 is 0 Å². The SMILES string of the molecule is C[C@]12CC[C@@H]3[C@H](CCC4=CC(=O)CC[C@]43C)[C@@H]1CCC[C@@H]2O. The van der Waals surface area contributed by atoms with Crippen LogP contribution in [0.25, 0.3) is 0 Å². The lowest BCUT2D eigenvalue weighted by Crippen LogP contribution is -2.55. The largest absolute Gasteiger partial charge is 0.393 e. The van der Waals surface area contributed by atoms with Crippen molar-refractivity contribution in [3.05, 3.63) is 11.6 Å². The molecule has 0 aromatic heterocycles. The normalized spacial score (nSPS) is 51.4. The van der Waals surface area contributed by atoms with Crippen molar-refractivity contribution < 1.29 is 9.90 Å². The van der Waals surface area contributed by atoms with Crippen molar-refractivity contribution in [2.24, 2.45) is 28.6 Å². The van der Waals surface area contributed by atoms with Gasteiger partial charge in [0, 0.05) is 6.42 Å². The molecule has 3 fully saturated rings. The van der Waals surface area contributed by atoms with Crippen LogP contribution >= 0.6 is 0 Å². The Labute approximate surface area is 134 Å². The predicted molar refractivity (Wildman–Crippen MR) is 87.3 cm³/mol. The minimum absolute atomic E-state index is 0.0927. The highest BCUT2D eigenvalue weighted by Gasteiger charge is 2.57. The highest BCUT2D eigenvalue weighted by molar-refractivity contribution is 5.91. The van der Waals surface area contributed by atoms with Crippen molar-refractivity contribution in [3.63, 3.8) is 0 Å². The second-order valence-corrected chi connectivity index (χ2v) is 8.96. The minimum Gasteiger partial charge on any atom is -0.393 e. The van der Waals surface area contributed by atoms with Gasteiger partial charge in [0.2, 0.25) is 0 Å². The summed E-state index contributed by atoms with van der Waals surface area (Å²) in [6.45, 7) is 4.79. The van der Waals surface area contributed by atoms with E-state index in [-0.39, 0.29) is 16.9 Å². The molecule has 4 aliphatic carbocycles. The van der Waals surface area contributed by atoms with Gasteiger partial charge in [0.15, 0.2) is 5.78 Å². The molecule has 0 aromatic carbocycles. The Morgan fingerprint density at radius 3 is 2.68 bits per heavy atom. The van der Waals surface area contributed by atoms with Crippen molar-refractivity contribution in [2.45, 2.75) is 77.7 Å². The molecule has 3 saturated carbocycles. The Hall–Kier alpha value is -0.630. The van der Waals surface area contributed by atoms with Gasteiger partial charge in [-0.2, -0.15) is 0 Å². The number of carbonyl (C=O) groups is 1. The van der Waals surface area contributed by atoms with E-state index in [1.165, 1.54) is 37.7 Å². The third kappa shape index (κ3) is 1.92. The maximum absolute atomic E-state index is 11.8. The van der Waals surface area contributed by atoms with Gasteiger partial charge in [-0.3, -0.25) is 4.79 Å². The molecule has 2 nitrogen and oxygen atoms in total. The summed E-state index contributed by atoms with van der Waals surface area (Å²) in [5, 5.41) is 10.6. The van der Waals surface area contributed by atoms with E-state index in [2.05, 4.69) is 13.8 Å². The first kappa shape index (κ1) is 14.9. The summed E-state index contributed by atoms with van der Waals surface area (Å²) < 4.78 is 0. The fourth-order valence-corrected chi connectivity index (χ4v) is 6.73. The molecule has 0 heterocycles. The van der Waals surface area contributed by atoms with Crippen LogP contribution in [-0.2, 0) is 4.79 Å². The standard InChI is InChI=1S/C20H30O2/c1-19-10-8-14(21)12-13(19)6-7-15-16-4-3-5-18(22)20(16,2)11-9-17(15)19/h12,15-18,22H,3-11H2,1-2H3/t15-,16+,17-,18+,19-,20+/m1/s1. The number of hydrogen-bond donors (Lipinski definition) is 1. The first-order chi connectivity index (χ1) is 10.4. The molecule has 4 rings (SSSR count). The van der Waals surface area contributed by atoms with Gasteiger partial charge in [0.25, 0.3) is 0 Å². The van der Waals surface area contributed by atoms with Crippen LogP contribution < -0.4 is 0 Å². The molecule has 0 saturated heterocycles. The number of fused-ring (bicyclic) bond motifs is 5. The zero-order valence-corrected chi connectivity index (χ0v) is 14.1. The molecular weight excluding hydrogens is 272 g/mol. The number of aliphatic hydroxyl groups excluding tert-OH is 1. The summed E-state index contributed by atoms with van der Waals surface area (Å²) in [4.78, 5) is 11.8. The first-order valence-corrected chi connectivity index (χ1v) is 9.37. The van der Waals surface area contributed by atoms with Gasteiger partial charge in [-0.1, -0.05) is 25.8 Å². The van der Waals surface area contributed by atoms with Crippen LogP contribution in [0.3, 0.4) is 0 Å². The molecule has 122 valence electrons. The van der Waals surface area contributed by atoms with Crippen molar-refractivity contribution in [3.8, 4) is 0 Å². The molecule has 0 aromatic rings. The highest BCUT2D eigenvalue weighted by atomic mass is 16.3. The van der Waals surface area contributed by atoms with Gasteiger partial charge in [-0.15, -0.1) is 0 Å². The molecule has 0 bridgehead atoms. The monoisotopic (exact) mass is 302 g/mol. The Balaban J connectivity index is 1.68. The summed E-state index contributed by atoms with van der Waals surface area (Å²) >= 11 is 0. The van der Waals surface area contributed by atoms with E-state index in [9.17, 15) is 9.90 Å². The maximum atomic E-state index is 11.8. The molecule has 22 heavy (non-hydrogen) atoms. The zero-order valence-electron chi connectivity index (χ0n) is 14.1. The van der Waals surface area contributed by atoms with E-state index in [1.807, 2.05) is 6.08 Å². The average Bonchev–Trinajstić information content (AvgIpc) is 2.49. The number of rotatable bonds is 0. The molecule has 0 spiro atoms. The smallest absolute Gasteiger partial charge is 0.155 e. The predicted octanol–water partition coefficient (Wildman–Crippen LogP) is 4.27. The molecular formula is C20H30O2. The van der Waals surface area contributed by atoms with E-state index >= 15 is 0 Å². The molecule has 4 aliphatic rings. The van der Waals surface area contributed by atoms with Crippen LogP contribution in [0.15, 0.2) is 11.6 Å². The molecule has 2 heteroatoms. The fraction of sp³-hybridized carbons (Fsp3) is 0.850. The number of ketones is 1. The Kier molecular flexibility index (Phi) is 3.35. The number of aliphatic hydroxyl groups is 1. The third-order valence-electron chi connectivity index (χ3n) is 8.15. The minimum atomic E-state index is -0.0927. The lowest BCUT2D eigenvalue weighted by atomic mass is 9.44. The summed E-state index contributed by atoms with van der Waals surface area (Å²) in [5.74, 6) is 2.55. The van der Waals surface area contributed by atoms with E-state index in [0.29, 0.717) is 11.7 Å². The number of carbonyl (C=O) groups excluding carboxylic acids is 1. The van der Waals surface area contributed by atoms with Gasteiger partial charge in [-0.05, 0) is 79.6 Å². The van der Waals surface area contributed by atoms with Crippen LogP contribution in [0.5, 0.6) is 0 Å². The molecule has 0 aliphatic heterocycles. The molecule has 6 atom stereocenters. The number of hydrogen-bond acceptors (Lipinski definition) is 2.